The highest BCUT2D eigenvalue weighted by Gasteiger charge is 2.24. The molecular formula is C11H10O6. The van der Waals surface area contributed by atoms with Gasteiger partial charge in [0.1, 0.15) is 0 Å². The minimum absolute atomic E-state index is 0.0365. The minimum atomic E-state index is -0.577. The number of fused-ring (bicyclic) bond motifs is 1. The zero-order valence-corrected chi connectivity index (χ0v) is 9.06. The SMILES string of the molecule is COc1c(O)ccc2c1OC(=O)CCC(=O)O2. The van der Waals surface area contributed by atoms with Gasteiger partial charge in [-0.05, 0) is 12.1 Å². The second-order valence-corrected chi connectivity index (χ2v) is 3.39. The molecule has 0 spiro atoms. The Hall–Kier alpha value is -2.24. The van der Waals surface area contributed by atoms with Crippen molar-refractivity contribution >= 4 is 11.9 Å². The Morgan fingerprint density at radius 1 is 1.18 bits per heavy atom. The molecule has 90 valence electrons. The summed E-state index contributed by atoms with van der Waals surface area (Å²) in [6, 6.07) is 2.63. The van der Waals surface area contributed by atoms with Gasteiger partial charge in [-0.25, -0.2) is 0 Å². The summed E-state index contributed by atoms with van der Waals surface area (Å²) in [6.45, 7) is 0. The summed E-state index contributed by atoms with van der Waals surface area (Å²) in [5, 5.41) is 9.52. The molecule has 0 fully saturated rings. The molecular weight excluding hydrogens is 228 g/mol. The van der Waals surface area contributed by atoms with E-state index in [1.165, 1.54) is 19.2 Å². The van der Waals surface area contributed by atoms with Crippen molar-refractivity contribution in [2.24, 2.45) is 0 Å². The zero-order valence-electron chi connectivity index (χ0n) is 9.06. The van der Waals surface area contributed by atoms with Gasteiger partial charge in [-0.1, -0.05) is 0 Å². The van der Waals surface area contributed by atoms with Crippen molar-refractivity contribution in [1.82, 2.24) is 0 Å². The van der Waals surface area contributed by atoms with Crippen molar-refractivity contribution in [2.75, 3.05) is 7.11 Å². The Balaban J connectivity index is 2.53. The highest BCUT2D eigenvalue weighted by atomic mass is 16.6. The van der Waals surface area contributed by atoms with Crippen molar-refractivity contribution < 1.29 is 28.9 Å². The number of rotatable bonds is 1. The van der Waals surface area contributed by atoms with Crippen molar-refractivity contribution in [2.45, 2.75) is 12.8 Å². The van der Waals surface area contributed by atoms with Crippen LogP contribution in [0, 0.1) is 0 Å². The average molecular weight is 238 g/mol. The van der Waals surface area contributed by atoms with Gasteiger partial charge in [0.15, 0.2) is 11.5 Å². The molecule has 0 radical (unpaired) electrons. The maximum atomic E-state index is 11.4. The van der Waals surface area contributed by atoms with Gasteiger partial charge >= 0.3 is 11.9 Å². The molecule has 2 rings (SSSR count). The summed E-state index contributed by atoms with van der Waals surface area (Å²) >= 11 is 0. The van der Waals surface area contributed by atoms with Crippen LogP contribution in [0.15, 0.2) is 12.1 Å². The first-order valence-corrected chi connectivity index (χ1v) is 4.93. The predicted octanol–water partition coefficient (Wildman–Crippen LogP) is 1.01. The van der Waals surface area contributed by atoms with Gasteiger partial charge < -0.3 is 19.3 Å². The predicted molar refractivity (Wildman–Crippen MR) is 55.2 cm³/mol. The fourth-order valence-electron chi connectivity index (χ4n) is 1.45. The van der Waals surface area contributed by atoms with Crippen LogP contribution in [0.3, 0.4) is 0 Å². The number of carbonyl (C=O) groups excluding carboxylic acids is 2. The van der Waals surface area contributed by atoms with Crippen LogP contribution in [0.5, 0.6) is 23.0 Å². The molecule has 0 amide bonds. The molecule has 0 bridgehead atoms. The Labute approximate surface area is 96.7 Å². The van der Waals surface area contributed by atoms with E-state index in [9.17, 15) is 14.7 Å². The van der Waals surface area contributed by atoms with Crippen LogP contribution in [0.2, 0.25) is 0 Å². The molecule has 0 saturated heterocycles. The van der Waals surface area contributed by atoms with Crippen LogP contribution >= 0.6 is 0 Å². The van der Waals surface area contributed by atoms with Crippen molar-refractivity contribution in [1.29, 1.82) is 0 Å². The van der Waals surface area contributed by atoms with Gasteiger partial charge in [0.2, 0.25) is 11.5 Å². The van der Waals surface area contributed by atoms with Crippen molar-refractivity contribution in [3.63, 3.8) is 0 Å². The lowest BCUT2D eigenvalue weighted by Gasteiger charge is -2.16. The number of aromatic hydroxyl groups is 1. The molecule has 0 saturated carbocycles. The third kappa shape index (κ3) is 2.15. The molecule has 1 aliphatic heterocycles. The van der Waals surface area contributed by atoms with E-state index in [0.29, 0.717) is 0 Å². The highest BCUT2D eigenvalue weighted by molar-refractivity contribution is 5.84. The second-order valence-electron chi connectivity index (χ2n) is 3.39. The van der Waals surface area contributed by atoms with Crippen molar-refractivity contribution in [3.8, 4) is 23.0 Å². The van der Waals surface area contributed by atoms with E-state index < -0.39 is 11.9 Å². The second kappa shape index (κ2) is 4.32. The molecule has 1 N–H and O–H groups in total. The van der Waals surface area contributed by atoms with Gasteiger partial charge in [-0.2, -0.15) is 0 Å². The third-order valence-corrected chi connectivity index (χ3v) is 2.23. The van der Waals surface area contributed by atoms with Gasteiger partial charge in [0.05, 0.1) is 20.0 Å². The van der Waals surface area contributed by atoms with E-state index in [1.54, 1.807) is 0 Å². The lowest BCUT2D eigenvalue weighted by Crippen LogP contribution is -2.18. The number of hydrogen-bond acceptors (Lipinski definition) is 6. The summed E-state index contributed by atoms with van der Waals surface area (Å²) in [7, 11) is 1.31. The molecule has 0 atom stereocenters. The molecule has 0 unspecified atom stereocenters. The molecule has 1 aliphatic rings. The largest absolute Gasteiger partial charge is 0.504 e. The van der Waals surface area contributed by atoms with E-state index in [-0.39, 0.29) is 35.8 Å². The van der Waals surface area contributed by atoms with E-state index >= 15 is 0 Å². The molecule has 1 aromatic carbocycles. The Bertz CT molecular complexity index is 479. The topological polar surface area (TPSA) is 82.1 Å². The van der Waals surface area contributed by atoms with E-state index in [4.69, 9.17) is 14.2 Å². The van der Waals surface area contributed by atoms with Gasteiger partial charge in [-0.3, -0.25) is 9.59 Å². The summed E-state index contributed by atoms with van der Waals surface area (Å²) in [5.74, 6) is -1.37. The standard InChI is InChI=1S/C11H10O6/c1-15-10-6(12)2-3-7-11(10)17-9(14)5-4-8(13)16-7/h2-3,12H,4-5H2,1H3. The van der Waals surface area contributed by atoms with Crippen molar-refractivity contribution in [3.05, 3.63) is 12.1 Å². The number of carbonyl (C=O) groups is 2. The van der Waals surface area contributed by atoms with Gasteiger partial charge in [0.25, 0.3) is 0 Å². The number of phenolic OH excluding ortho intramolecular Hbond substituents is 1. The molecule has 0 aromatic heterocycles. The maximum Gasteiger partial charge on any atom is 0.312 e. The van der Waals surface area contributed by atoms with E-state index in [0.717, 1.165) is 0 Å². The fraction of sp³-hybridized carbons (Fsp3) is 0.273. The lowest BCUT2D eigenvalue weighted by atomic mass is 10.2. The Kier molecular flexibility index (Phi) is 2.86. The number of methoxy groups -OCH3 is 1. The van der Waals surface area contributed by atoms with E-state index in [2.05, 4.69) is 0 Å². The first-order chi connectivity index (χ1) is 8.11. The molecule has 6 nitrogen and oxygen atoms in total. The Morgan fingerprint density at radius 2 is 1.82 bits per heavy atom. The van der Waals surface area contributed by atoms with Crippen LogP contribution in [0.1, 0.15) is 12.8 Å². The number of hydrogen-bond donors (Lipinski definition) is 1. The average Bonchev–Trinajstić information content (AvgIpc) is 2.29. The number of ether oxygens (including phenoxy) is 3. The number of esters is 2. The normalized spacial score (nSPS) is 15.1. The monoisotopic (exact) mass is 238 g/mol. The molecule has 6 heteroatoms. The molecule has 0 aliphatic carbocycles. The van der Waals surface area contributed by atoms with Crippen LogP contribution in [-0.2, 0) is 9.59 Å². The number of benzene rings is 1. The quantitative estimate of drug-likeness (QED) is 0.580. The minimum Gasteiger partial charge on any atom is -0.504 e. The van der Waals surface area contributed by atoms with Gasteiger partial charge in [-0.15, -0.1) is 0 Å². The first-order valence-electron chi connectivity index (χ1n) is 4.93. The summed E-state index contributed by atoms with van der Waals surface area (Å²) in [5.41, 5.74) is 0. The highest BCUT2D eigenvalue weighted by Crippen LogP contribution is 2.44. The summed E-state index contributed by atoms with van der Waals surface area (Å²) in [6.07, 6.45) is -0.113. The maximum absolute atomic E-state index is 11.4. The summed E-state index contributed by atoms with van der Waals surface area (Å²) in [4.78, 5) is 22.7. The molecule has 17 heavy (non-hydrogen) atoms. The van der Waals surface area contributed by atoms with E-state index in [1.807, 2.05) is 0 Å². The summed E-state index contributed by atoms with van der Waals surface area (Å²) < 4.78 is 14.9. The lowest BCUT2D eigenvalue weighted by molar-refractivity contribution is -0.142. The van der Waals surface area contributed by atoms with Crippen LogP contribution in [0.4, 0.5) is 0 Å². The first kappa shape index (κ1) is 11.3. The van der Waals surface area contributed by atoms with Crippen LogP contribution < -0.4 is 14.2 Å². The Morgan fingerprint density at radius 3 is 2.47 bits per heavy atom. The molecule has 1 heterocycles. The molecule has 1 aromatic rings. The third-order valence-electron chi connectivity index (χ3n) is 2.23. The van der Waals surface area contributed by atoms with Crippen LogP contribution in [0.25, 0.3) is 0 Å². The van der Waals surface area contributed by atoms with Crippen LogP contribution in [-0.4, -0.2) is 24.2 Å². The number of phenols is 1. The fourth-order valence-corrected chi connectivity index (χ4v) is 1.45. The van der Waals surface area contributed by atoms with Gasteiger partial charge in [0, 0.05) is 0 Å². The zero-order chi connectivity index (χ0) is 12.4. The smallest absolute Gasteiger partial charge is 0.312 e.